The topological polar surface area (TPSA) is 118 Å². The molecule has 1 saturated carbocycles. The lowest BCUT2D eigenvalue weighted by molar-refractivity contribution is -0.134. The van der Waals surface area contributed by atoms with Crippen LogP contribution in [0.5, 0.6) is 0 Å². The summed E-state index contributed by atoms with van der Waals surface area (Å²) in [6, 6.07) is 8.05. The van der Waals surface area contributed by atoms with Crippen molar-refractivity contribution in [2.24, 2.45) is 0 Å². The highest BCUT2D eigenvalue weighted by Gasteiger charge is 2.33. The zero-order chi connectivity index (χ0) is 25.2. The number of aliphatic hydroxyl groups excluding tert-OH is 1. The second kappa shape index (κ2) is 9.91. The number of nitriles is 1. The molecule has 1 aliphatic heterocycles. The van der Waals surface area contributed by atoms with Crippen LogP contribution in [0, 0.1) is 11.3 Å². The molecule has 0 radical (unpaired) electrons. The molecule has 2 aliphatic rings. The number of nitrogens with one attached hydrogen (secondary N) is 1. The quantitative estimate of drug-likeness (QED) is 0.524. The molecule has 1 saturated heterocycles. The molecule has 0 aromatic carbocycles. The van der Waals surface area contributed by atoms with Crippen LogP contribution >= 0.6 is 0 Å². The van der Waals surface area contributed by atoms with Gasteiger partial charge in [-0.3, -0.25) is 9.78 Å². The minimum atomic E-state index is -0.150. The first-order valence-electron chi connectivity index (χ1n) is 12.3. The molecule has 0 spiro atoms. The lowest BCUT2D eigenvalue weighted by Crippen LogP contribution is -2.54. The third-order valence-corrected chi connectivity index (χ3v) is 6.80. The summed E-state index contributed by atoms with van der Waals surface area (Å²) in [7, 11) is 0. The summed E-state index contributed by atoms with van der Waals surface area (Å²) in [6.07, 6.45) is 7.42. The zero-order valence-corrected chi connectivity index (χ0v) is 20.3. The number of hydrogen-bond donors (Lipinski definition) is 2. The number of pyridine rings is 3. The fourth-order valence-electron chi connectivity index (χ4n) is 4.82. The highest BCUT2D eigenvalue weighted by Crippen LogP contribution is 2.45. The summed E-state index contributed by atoms with van der Waals surface area (Å²) >= 11 is 0. The van der Waals surface area contributed by atoms with Gasteiger partial charge in [0.1, 0.15) is 11.9 Å². The van der Waals surface area contributed by atoms with E-state index in [2.05, 4.69) is 32.8 Å². The molecule has 3 aromatic heterocycles. The van der Waals surface area contributed by atoms with Gasteiger partial charge in [-0.2, -0.15) is 5.26 Å². The number of anilines is 3. The molecule has 5 rings (SSSR count). The fourth-order valence-corrected chi connectivity index (χ4v) is 4.82. The van der Waals surface area contributed by atoms with Gasteiger partial charge in [-0.15, -0.1) is 0 Å². The molecule has 9 heteroatoms. The molecule has 3 aromatic rings. The van der Waals surface area contributed by atoms with Crippen molar-refractivity contribution < 1.29 is 9.90 Å². The van der Waals surface area contributed by atoms with E-state index >= 15 is 0 Å². The number of amides is 1. The van der Waals surface area contributed by atoms with Crippen LogP contribution in [0.15, 0.2) is 37.2 Å². The van der Waals surface area contributed by atoms with Crippen molar-refractivity contribution in [3.8, 4) is 6.07 Å². The van der Waals surface area contributed by atoms with Crippen molar-refractivity contribution in [1.82, 2.24) is 19.9 Å². The van der Waals surface area contributed by atoms with Crippen LogP contribution in [0.2, 0.25) is 0 Å². The van der Waals surface area contributed by atoms with Gasteiger partial charge in [-0.1, -0.05) is 6.58 Å². The number of nitrogens with zero attached hydrogens (tertiary/aromatic N) is 6. The van der Waals surface area contributed by atoms with Crippen LogP contribution in [-0.2, 0) is 4.79 Å². The van der Waals surface area contributed by atoms with Crippen LogP contribution in [-0.4, -0.2) is 63.1 Å². The molecular formula is C27H29N7O2. The lowest BCUT2D eigenvalue weighted by atomic mass is 10.1. The maximum absolute atomic E-state index is 12.3. The van der Waals surface area contributed by atoms with Crippen LogP contribution in [0.4, 0.5) is 17.2 Å². The Bertz CT molecular complexity index is 1360. The normalized spacial score (nSPS) is 17.6. The molecule has 1 unspecified atom stereocenters. The van der Waals surface area contributed by atoms with Crippen molar-refractivity contribution in [2.75, 3.05) is 36.5 Å². The highest BCUT2D eigenvalue weighted by atomic mass is 16.3. The van der Waals surface area contributed by atoms with Gasteiger partial charge >= 0.3 is 0 Å². The monoisotopic (exact) mass is 483 g/mol. The third kappa shape index (κ3) is 4.60. The van der Waals surface area contributed by atoms with Gasteiger partial charge in [0.15, 0.2) is 0 Å². The first kappa shape index (κ1) is 23.7. The van der Waals surface area contributed by atoms with E-state index in [1.165, 1.54) is 0 Å². The van der Waals surface area contributed by atoms with E-state index < -0.39 is 0 Å². The summed E-state index contributed by atoms with van der Waals surface area (Å²) in [6.45, 7) is 7.40. The highest BCUT2D eigenvalue weighted by molar-refractivity contribution is 5.94. The lowest BCUT2D eigenvalue weighted by Gasteiger charge is -2.40. The standard InChI is InChI=1S/C27H29N7O2/c1-3-20-13-22(21-6-8-29-15-24(21)30-20)31-23-12-19(14-28)27(32-26(23)18-4-5-18)33-9-10-34(17(2)16-33)25(36)7-11-35/h3,6,8,12-13,15,17-18,35H,1,4-5,7,9-11,16H2,2H3,(H,30,31). The Balaban J connectivity index is 1.49. The van der Waals surface area contributed by atoms with Crippen molar-refractivity contribution in [3.63, 3.8) is 0 Å². The van der Waals surface area contributed by atoms with E-state index in [9.17, 15) is 10.1 Å². The number of rotatable bonds is 7. The number of hydrogen-bond acceptors (Lipinski definition) is 8. The molecule has 184 valence electrons. The van der Waals surface area contributed by atoms with Gasteiger partial charge in [0.05, 0.1) is 46.6 Å². The van der Waals surface area contributed by atoms with Crippen LogP contribution in [0.25, 0.3) is 17.0 Å². The molecule has 0 bridgehead atoms. The van der Waals surface area contributed by atoms with E-state index in [0.29, 0.717) is 36.9 Å². The first-order chi connectivity index (χ1) is 17.5. The SMILES string of the molecule is C=Cc1cc(Nc2cc(C#N)c(N3CCN(C(=O)CCO)C(C)C3)nc2C2CC2)c2ccncc2n1. The van der Waals surface area contributed by atoms with Gasteiger partial charge in [-0.05, 0) is 44.0 Å². The van der Waals surface area contributed by atoms with Crippen molar-refractivity contribution in [2.45, 2.75) is 38.1 Å². The average molecular weight is 484 g/mol. The summed E-state index contributed by atoms with van der Waals surface area (Å²) in [5, 5.41) is 23.7. The van der Waals surface area contributed by atoms with Crippen molar-refractivity contribution in [1.29, 1.82) is 5.26 Å². The Morgan fingerprint density at radius 3 is 2.83 bits per heavy atom. The largest absolute Gasteiger partial charge is 0.396 e. The molecule has 36 heavy (non-hydrogen) atoms. The predicted octanol–water partition coefficient (Wildman–Crippen LogP) is 3.58. The Morgan fingerprint density at radius 2 is 2.14 bits per heavy atom. The number of piperazine rings is 1. The van der Waals surface area contributed by atoms with Gasteiger partial charge in [-0.25, -0.2) is 9.97 Å². The zero-order valence-electron chi connectivity index (χ0n) is 20.3. The Hall–Kier alpha value is -4.03. The number of aromatic nitrogens is 3. The molecule has 2 N–H and O–H groups in total. The van der Waals surface area contributed by atoms with Gasteiger partial charge < -0.3 is 20.2 Å². The summed E-state index contributed by atoms with van der Waals surface area (Å²) in [5.74, 6) is 0.967. The Labute approximate surface area is 210 Å². The molecule has 1 atom stereocenters. The smallest absolute Gasteiger partial charge is 0.225 e. The van der Waals surface area contributed by atoms with Gasteiger partial charge in [0.2, 0.25) is 5.91 Å². The van der Waals surface area contributed by atoms with Crippen LogP contribution in [0.3, 0.4) is 0 Å². The van der Waals surface area contributed by atoms with Crippen LogP contribution < -0.4 is 10.2 Å². The van der Waals surface area contributed by atoms with Crippen molar-refractivity contribution >= 4 is 40.1 Å². The summed E-state index contributed by atoms with van der Waals surface area (Å²) in [5.41, 5.74) is 4.63. The van der Waals surface area contributed by atoms with Crippen molar-refractivity contribution in [3.05, 3.63) is 54.1 Å². The third-order valence-electron chi connectivity index (χ3n) is 6.80. The van der Waals surface area contributed by atoms with E-state index in [1.54, 1.807) is 23.4 Å². The summed E-state index contributed by atoms with van der Waals surface area (Å²) < 4.78 is 0. The van der Waals surface area contributed by atoms with Gasteiger partial charge in [0.25, 0.3) is 0 Å². The summed E-state index contributed by atoms with van der Waals surface area (Å²) in [4.78, 5) is 30.1. The first-order valence-corrected chi connectivity index (χ1v) is 12.3. The number of carbonyl (C=O) groups is 1. The maximum Gasteiger partial charge on any atom is 0.225 e. The molecule has 4 heterocycles. The molecular weight excluding hydrogens is 454 g/mol. The van der Waals surface area contributed by atoms with Gasteiger partial charge in [0, 0.05) is 49.6 Å². The van der Waals surface area contributed by atoms with E-state index in [4.69, 9.17) is 10.1 Å². The molecule has 2 fully saturated rings. The van der Waals surface area contributed by atoms with E-state index in [-0.39, 0.29) is 25.0 Å². The molecule has 1 aliphatic carbocycles. The number of fused-ring (bicyclic) bond motifs is 1. The maximum atomic E-state index is 12.3. The Kier molecular flexibility index (Phi) is 6.53. The number of aliphatic hydroxyl groups is 1. The minimum absolute atomic E-state index is 0.0394. The Morgan fingerprint density at radius 1 is 1.31 bits per heavy atom. The fraction of sp³-hybridized carbons (Fsp3) is 0.370. The molecule has 9 nitrogen and oxygen atoms in total. The second-order valence-corrected chi connectivity index (χ2v) is 9.35. The van der Waals surface area contributed by atoms with Crippen LogP contribution in [0.1, 0.15) is 49.1 Å². The predicted molar refractivity (Wildman–Crippen MR) is 139 cm³/mol. The van der Waals surface area contributed by atoms with E-state index in [1.807, 2.05) is 25.1 Å². The minimum Gasteiger partial charge on any atom is -0.396 e. The van der Waals surface area contributed by atoms with E-state index in [0.717, 1.165) is 46.5 Å². The average Bonchev–Trinajstić information content (AvgIpc) is 3.73. The number of carbonyl (C=O) groups excluding carboxylic acids is 1. The second-order valence-electron chi connectivity index (χ2n) is 9.35. The molecule has 1 amide bonds.